The molecule has 0 saturated carbocycles. The molecule has 80 valence electrons. The van der Waals surface area contributed by atoms with Crippen LogP contribution in [0.15, 0.2) is 29.8 Å². The second-order valence-electron chi connectivity index (χ2n) is 3.25. The maximum absolute atomic E-state index is 10.4. The Labute approximate surface area is 91.5 Å². The predicted octanol–water partition coefficient (Wildman–Crippen LogP) is 1.83. The van der Waals surface area contributed by atoms with E-state index in [9.17, 15) is 4.91 Å². The van der Waals surface area contributed by atoms with Crippen LogP contribution >= 0.6 is 0 Å². The molecule has 0 aliphatic carbocycles. The Hall–Kier alpha value is -2.37. The molecule has 0 aromatic carbocycles. The number of anilines is 1. The molecule has 2 rings (SSSR count). The highest BCUT2D eigenvalue weighted by Gasteiger charge is 2.06. The van der Waals surface area contributed by atoms with E-state index in [1.54, 1.807) is 18.5 Å². The summed E-state index contributed by atoms with van der Waals surface area (Å²) in [5.74, 6) is 0.207. The van der Waals surface area contributed by atoms with Gasteiger partial charge in [-0.05, 0) is 18.2 Å². The summed E-state index contributed by atoms with van der Waals surface area (Å²) in [6.45, 7) is 1.83. The third-order valence-electron chi connectivity index (χ3n) is 2.16. The molecule has 2 heterocycles. The van der Waals surface area contributed by atoms with E-state index in [2.05, 4.69) is 20.1 Å². The molecular weight excluding hydrogens is 206 g/mol. The largest absolute Gasteiger partial charge is 0.368 e. The molecule has 6 heteroatoms. The van der Waals surface area contributed by atoms with Crippen LogP contribution in [0.25, 0.3) is 11.1 Å². The number of nitroso groups, excluding NO2 is 1. The van der Waals surface area contributed by atoms with E-state index in [1.165, 1.54) is 6.20 Å². The minimum atomic E-state index is 0.207. The Bertz CT molecular complexity index is 523. The Morgan fingerprint density at radius 2 is 1.88 bits per heavy atom. The molecule has 0 unspecified atom stereocenters. The Balaban J connectivity index is 2.54. The molecule has 16 heavy (non-hydrogen) atoms. The van der Waals surface area contributed by atoms with Crippen molar-refractivity contribution < 1.29 is 0 Å². The summed E-state index contributed by atoms with van der Waals surface area (Å²) >= 11 is 0. The fourth-order valence-corrected chi connectivity index (χ4v) is 1.34. The van der Waals surface area contributed by atoms with Crippen LogP contribution in [0, 0.1) is 11.8 Å². The quantitative estimate of drug-likeness (QED) is 0.771. The third kappa shape index (κ3) is 1.85. The van der Waals surface area contributed by atoms with Gasteiger partial charge in [0.2, 0.25) is 5.95 Å². The van der Waals surface area contributed by atoms with Crippen LogP contribution in [0.4, 0.5) is 11.6 Å². The highest BCUT2D eigenvalue weighted by Crippen LogP contribution is 2.25. The fraction of sp³-hybridized carbons (Fsp3) is 0.100. The van der Waals surface area contributed by atoms with Crippen LogP contribution in [-0.4, -0.2) is 15.0 Å². The molecule has 2 aromatic rings. The van der Waals surface area contributed by atoms with Crippen LogP contribution in [0.1, 0.15) is 5.69 Å². The fourth-order valence-electron chi connectivity index (χ4n) is 1.34. The third-order valence-corrected chi connectivity index (χ3v) is 2.16. The van der Waals surface area contributed by atoms with Crippen molar-refractivity contribution in [2.24, 2.45) is 5.18 Å². The van der Waals surface area contributed by atoms with E-state index in [4.69, 9.17) is 5.73 Å². The maximum atomic E-state index is 10.4. The van der Waals surface area contributed by atoms with Gasteiger partial charge in [0, 0.05) is 29.2 Å². The summed E-state index contributed by atoms with van der Waals surface area (Å²) in [5.41, 5.74) is 7.98. The van der Waals surface area contributed by atoms with Crippen molar-refractivity contribution >= 4 is 11.6 Å². The van der Waals surface area contributed by atoms with Crippen molar-refractivity contribution in [3.05, 3.63) is 35.3 Å². The zero-order chi connectivity index (χ0) is 11.5. The van der Waals surface area contributed by atoms with Crippen molar-refractivity contribution in [3.63, 3.8) is 0 Å². The summed E-state index contributed by atoms with van der Waals surface area (Å²) in [4.78, 5) is 22.2. The first-order valence-corrected chi connectivity index (χ1v) is 4.58. The van der Waals surface area contributed by atoms with Crippen LogP contribution in [0.5, 0.6) is 0 Å². The average Bonchev–Trinajstić information content (AvgIpc) is 2.31. The molecule has 0 bridgehead atoms. The number of aryl methyl sites for hydroxylation is 1. The van der Waals surface area contributed by atoms with E-state index >= 15 is 0 Å². The van der Waals surface area contributed by atoms with E-state index in [1.807, 2.05) is 6.92 Å². The molecule has 0 amide bonds. The number of hydrogen-bond donors (Lipinski definition) is 1. The number of pyridine rings is 1. The highest BCUT2D eigenvalue weighted by atomic mass is 16.3. The molecular formula is C10H9N5O. The molecule has 0 atom stereocenters. The molecule has 0 fully saturated rings. The lowest BCUT2D eigenvalue weighted by Crippen LogP contribution is -1.95. The number of rotatable bonds is 2. The highest BCUT2D eigenvalue weighted by molar-refractivity contribution is 5.67. The lowest BCUT2D eigenvalue weighted by atomic mass is 10.1. The van der Waals surface area contributed by atoms with Gasteiger partial charge in [-0.25, -0.2) is 9.97 Å². The Morgan fingerprint density at radius 3 is 2.50 bits per heavy atom. The van der Waals surface area contributed by atoms with Gasteiger partial charge in [0.25, 0.3) is 0 Å². The summed E-state index contributed by atoms with van der Waals surface area (Å²) in [6.07, 6.45) is 4.59. The predicted molar refractivity (Wildman–Crippen MR) is 59.9 cm³/mol. The van der Waals surface area contributed by atoms with Crippen molar-refractivity contribution in [2.45, 2.75) is 6.92 Å². The second-order valence-corrected chi connectivity index (χ2v) is 3.25. The molecule has 0 aliphatic heterocycles. The normalized spacial score (nSPS) is 10.1. The molecule has 6 nitrogen and oxygen atoms in total. The van der Waals surface area contributed by atoms with Gasteiger partial charge in [-0.1, -0.05) is 0 Å². The lowest BCUT2D eigenvalue weighted by Gasteiger charge is -2.04. The molecule has 2 N–H and O–H groups in total. The Kier molecular flexibility index (Phi) is 2.55. The molecule has 2 aromatic heterocycles. The maximum Gasteiger partial charge on any atom is 0.219 e. The molecule has 0 spiro atoms. The number of nitrogen functional groups attached to an aromatic ring is 1. The molecule has 0 saturated heterocycles. The van der Waals surface area contributed by atoms with Gasteiger partial charge in [-0.3, -0.25) is 4.98 Å². The van der Waals surface area contributed by atoms with Gasteiger partial charge in [0.15, 0.2) is 0 Å². The van der Waals surface area contributed by atoms with Crippen molar-refractivity contribution in [1.29, 1.82) is 0 Å². The van der Waals surface area contributed by atoms with Crippen molar-refractivity contribution in [2.75, 3.05) is 5.73 Å². The van der Waals surface area contributed by atoms with Gasteiger partial charge in [0.05, 0.1) is 6.20 Å². The van der Waals surface area contributed by atoms with Gasteiger partial charge < -0.3 is 5.73 Å². The minimum absolute atomic E-state index is 0.207. The SMILES string of the molecule is Cc1ncc(N=O)cc1-c1cnc(N)nc1. The van der Waals surface area contributed by atoms with E-state index < -0.39 is 0 Å². The van der Waals surface area contributed by atoms with Crippen LogP contribution in [0.3, 0.4) is 0 Å². The summed E-state index contributed by atoms with van der Waals surface area (Å²) < 4.78 is 0. The first-order chi connectivity index (χ1) is 7.70. The number of hydrogen-bond acceptors (Lipinski definition) is 6. The van der Waals surface area contributed by atoms with E-state index in [-0.39, 0.29) is 11.6 Å². The first kappa shape index (κ1) is 10.2. The molecule has 0 radical (unpaired) electrons. The first-order valence-electron chi connectivity index (χ1n) is 4.58. The zero-order valence-electron chi connectivity index (χ0n) is 8.58. The van der Waals surface area contributed by atoms with Crippen molar-refractivity contribution in [3.8, 4) is 11.1 Å². The van der Waals surface area contributed by atoms with Gasteiger partial charge in [-0.15, -0.1) is 4.91 Å². The van der Waals surface area contributed by atoms with Crippen molar-refractivity contribution in [1.82, 2.24) is 15.0 Å². The van der Waals surface area contributed by atoms with E-state index in [0.29, 0.717) is 0 Å². The second kappa shape index (κ2) is 4.01. The van der Waals surface area contributed by atoms with Crippen LogP contribution in [-0.2, 0) is 0 Å². The van der Waals surface area contributed by atoms with Gasteiger partial charge in [0.1, 0.15) is 5.69 Å². The van der Waals surface area contributed by atoms with Crippen LogP contribution < -0.4 is 5.73 Å². The monoisotopic (exact) mass is 215 g/mol. The van der Waals surface area contributed by atoms with Crippen LogP contribution in [0.2, 0.25) is 0 Å². The standard InChI is InChI=1S/C10H9N5O/c1-6-9(2-8(15-16)5-12-6)7-3-13-10(11)14-4-7/h2-5H,1H3,(H2,11,13,14). The number of nitrogens with zero attached hydrogens (tertiary/aromatic N) is 4. The summed E-state index contributed by atoms with van der Waals surface area (Å²) in [6, 6.07) is 1.64. The lowest BCUT2D eigenvalue weighted by molar-refractivity contribution is 1.16. The minimum Gasteiger partial charge on any atom is -0.368 e. The number of nitrogens with two attached hydrogens (primary N) is 1. The summed E-state index contributed by atoms with van der Waals surface area (Å²) in [5, 5.41) is 2.84. The van der Waals surface area contributed by atoms with Gasteiger partial charge >= 0.3 is 0 Å². The Morgan fingerprint density at radius 1 is 1.19 bits per heavy atom. The molecule has 0 aliphatic rings. The van der Waals surface area contributed by atoms with Gasteiger partial charge in [-0.2, -0.15) is 0 Å². The van der Waals surface area contributed by atoms with E-state index in [0.717, 1.165) is 16.8 Å². The number of aromatic nitrogens is 3. The smallest absolute Gasteiger partial charge is 0.219 e. The average molecular weight is 215 g/mol. The summed E-state index contributed by atoms with van der Waals surface area (Å²) in [7, 11) is 0. The topological polar surface area (TPSA) is 94.1 Å². The zero-order valence-corrected chi connectivity index (χ0v) is 8.58.